The van der Waals surface area contributed by atoms with Gasteiger partial charge in [-0.3, -0.25) is 4.79 Å². The van der Waals surface area contributed by atoms with Gasteiger partial charge < -0.3 is 24.5 Å². The van der Waals surface area contributed by atoms with Crippen LogP contribution in [-0.4, -0.2) is 40.8 Å². The number of H-pyrrole nitrogens is 1. The Morgan fingerprint density at radius 2 is 2.04 bits per heavy atom. The number of aliphatic hydroxyl groups excluding tert-OH is 1. The summed E-state index contributed by atoms with van der Waals surface area (Å²) < 4.78 is 10.9. The van der Waals surface area contributed by atoms with Gasteiger partial charge in [-0.15, -0.1) is 0 Å². The Bertz CT molecular complexity index is 1130. The Morgan fingerprint density at radius 3 is 2.86 bits per heavy atom. The number of hydrogen-bond acceptors (Lipinski definition) is 4. The molecule has 0 radical (unpaired) electrons. The van der Waals surface area contributed by atoms with Crippen molar-refractivity contribution in [3.8, 4) is 22.6 Å². The van der Waals surface area contributed by atoms with E-state index in [1.807, 2.05) is 24.3 Å². The van der Waals surface area contributed by atoms with Gasteiger partial charge in [-0.2, -0.15) is 0 Å². The van der Waals surface area contributed by atoms with E-state index in [1.165, 1.54) is 0 Å². The van der Waals surface area contributed by atoms with E-state index in [0.29, 0.717) is 41.1 Å². The molecule has 1 amide bonds. The monoisotopic (exact) mass is 418 g/mol. The number of aromatic amines is 1. The lowest BCUT2D eigenvalue weighted by atomic mass is 9.96. The van der Waals surface area contributed by atoms with Crippen LogP contribution in [0.2, 0.25) is 10.0 Å². The topological polar surface area (TPSA) is 74.8 Å². The number of rotatable bonds is 2. The zero-order chi connectivity index (χ0) is 19.4. The minimum absolute atomic E-state index is 0.202. The molecule has 2 aliphatic heterocycles. The highest BCUT2D eigenvalue weighted by Gasteiger charge is 2.27. The fourth-order valence-electron chi connectivity index (χ4n) is 3.94. The standard InChI is InChI=1S/C20H16Cl2N2O4/c21-13-6-11(10-1-2-15-16(5-10)28-9-27-15)18-12-7-24(17(26)8-25)4-3-14(12)23-20(18)19(13)22/h1-2,5-6,23,25H,3-4,7-9H2. The molecule has 144 valence electrons. The van der Waals surface area contributed by atoms with Gasteiger partial charge >= 0.3 is 0 Å². The van der Waals surface area contributed by atoms with Gasteiger partial charge in [0.15, 0.2) is 11.5 Å². The van der Waals surface area contributed by atoms with Crippen molar-refractivity contribution >= 4 is 40.0 Å². The second-order valence-electron chi connectivity index (χ2n) is 6.84. The van der Waals surface area contributed by atoms with Crippen LogP contribution < -0.4 is 9.47 Å². The molecule has 5 rings (SSSR count). The average Bonchev–Trinajstić information content (AvgIpc) is 3.33. The quantitative estimate of drug-likeness (QED) is 0.664. The molecule has 28 heavy (non-hydrogen) atoms. The summed E-state index contributed by atoms with van der Waals surface area (Å²) in [7, 11) is 0. The van der Waals surface area contributed by atoms with Crippen LogP contribution in [-0.2, 0) is 17.8 Å². The van der Waals surface area contributed by atoms with Crippen LogP contribution in [0.25, 0.3) is 22.0 Å². The summed E-state index contributed by atoms with van der Waals surface area (Å²) in [4.78, 5) is 17.1. The van der Waals surface area contributed by atoms with Crippen LogP contribution in [0, 0.1) is 0 Å². The van der Waals surface area contributed by atoms with Crippen molar-refractivity contribution < 1.29 is 19.4 Å². The van der Waals surface area contributed by atoms with Crippen molar-refractivity contribution in [2.24, 2.45) is 0 Å². The van der Waals surface area contributed by atoms with Crippen LogP contribution in [0.1, 0.15) is 11.3 Å². The number of halogens is 2. The molecular formula is C20H16Cl2N2O4. The van der Waals surface area contributed by atoms with Gasteiger partial charge in [0.1, 0.15) is 6.61 Å². The van der Waals surface area contributed by atoms with Gasteiger partial charge in [-0.1, -0.05) is 29.3 Å². The smallest absolute Gasteiger partial charge is 0.248 e. The summed E-state index contributed by atoms with van der Waals surface area (Å²) in [6, 6.07) is 7.57. The van der Waals surface area contributed by atoms with E-state index in [-0.39, 0.29) is 12.7 Å². The van der Waals surface area contributed by atoms with Gasteiger partial charge in [0.2, 0.25) is 12.7 Å². The summed E-state index contributed by atoms with van der Waals surface area (Å²) in [5, 5.41) is 11.1. The van der Waals surface area contributed by atoms with Gasteiger partial charge in [0.25, 0.3) is 0 Å². The highest BCUT2D eigenvalue weighted by atomic mass is 35.5. The van der Waals surface area contributed by atoms with Crippen LogP contribution in [0.5, 0.6) is 11.5 Å². The van der Waals surface area contributed by atoms with E-state index in [1.54, 1.807) is 4.90 Å². The molecule has 0 atom stereocenters. The molecule has 2 aromatic carbocycles. The Hall–Kier alpha value is -2.41. The van der Waals surface area contributed by atoms with Gasteiger partial charge in [-0.25, -0.2) is 0 Å². The number of amides is 1. The maximum atomic E-state index is 12.0. The van der Waals surface area contributed by atoms with Gasteiger partial charge in [-0.05, 0) is 29.3 Å². The van der Waals surface area contributed by atoms with E-state index >= 15 is 0 Å². The van der Waals surface area contributed by atoms with E-state index in [9.17, 15) is 9.90 Å². The number of fused-ring (bicyclic) bond motifs is 4. The Morgan fingerprint density at radius 1 is 1.21 bits per heavy atom. The first-order valence-electron chi connectivity index (χ1n) is 8.87. The third-order valence-electron chi connectivity index (χ3n) is 5.31. The fraction of sp³-hybridized carbons (Fsp3) is 0.250. The lowest BCUT2D eigenvalue weighted by Gasteiger charge is -2.27. The van der Waals surface area contributed by atoms with Crippen LogP contribution in [0.15, 0.2) is 24.3 Å². The third-order valence-corrected chi connectivity index (χ3v) is 6.10. The minimum atomic E-state index is -0.501. The number of nitrogens with zero attached hydrogens (tertiary/aromatic N) is 1. The Kier molecular flexibility index (Phi) is 4.16. The molecule has 0 unspecified atom stereocenters. The number of carbonyl (C=O) groups excluding carboxylic acids is 1. The maximum Gasteiger partial charge on any atom is 0.248 e. The summed E-state index contributed by atoms with van der Waals surface area (Å²) in [6.07, 6.45) is 0.657. The van der Waals surface area contributed by atoms with Crippen LogP contribution in [0.3, 0.4) is 0 Å². The number of benzene rings is 2. The molecule has 3 heterocycles. The van der Waals surface area contributed by atoms with E-state index < -0.39 is 6.61 Å². The molecule has 0 spiro atoms. The highest BCUT2D eigenvalue weighted by Crippen LogP contribution is 2.44. The molecule has 3 aromatic rings. The molecule has 2 N–H and O–H groups in total. The number of ether oxygens (including phenoxy) is 2. The molecule has 0 bridgehead atoms. The first kappa shape index (κ1) is 17.7. The maximum absolute atomic E-state index is 12.0. The SMILES string of the molecule is O=C(CO)N1CCc2[nH]c3c(Cl)c(Cl)cc(-c4ccc5c(c4)OCO5)c3c2C1. The highest BCUT2D eigenvalue weighted by molar-refractivity contribution is 6.45. The molecule has 6 nitrogen and oxygen atoms in total. The number of aliphatic hydroxyl groups is 1. The van der Waals surface area contributed by atoms with E-state index in [2.05, 4.69) is 4.98 Å². The minimum Gasteiger partial charge on any atom is -0.454 e. The number of aromatic nitrogens is 1. The molecular weight excluding hydrogens is 403 g/mol. The van der Waals surface area contributed by atoms with Crippen molar-refractivity contribution in [2.45, 2.75) is 13.0 Å². The fourth-order valence-corrected chi connectivity index (χ4v) is 4.34. The predicted molar refractivity (Wildman–Crippen MR) is 106 cm³/mol. The van der Waals surface area contributed by atoms with E-state index in [4.69, 9.17) is 32.7 Å². The summed E-state index contributed by atoms with van der Waals surface area (Å²) in [6.45, 7) is 0.654. The Balaban J connectivity index is 1.73. The molecule has 0 saturated carbocycles. The molecule has 1 aromatic heterocycles. The Labute approximate surface area is 170 Å². The second kappa shape index (κ2) is 6.58. The first-order valence-corrected chi connectivity index (χ1v) is 9.62. The summed E-state index contributed by atoms with van der Waals surface area (Å²) in [5.41, 5.74) is 4.60. The van der Waals surface area contributed by atoms with Crippen molar-refractivity contribution in [3.05, 3.63) is 45.6 Å². The summed E-state index contributed by atoms with van der Waals surface area (Å²) >= 11 is 12.9. The second-order valence-corrected chi connectivity index (χ2v) is 7.63. The normalized spacial score (nSPS) is 15.2. The van der Waals surface area contributed by atoms with Crippen molar-refractivity contribution in [3.63, 3.8) is 0 Å². The molecule has 2 aliphatic rings. The number of nitrogens with one attached hydrogen (secondary N) is 1. The van der Waals surface area contributed by atoms with Crippen LogP contribution >= 0.6 is 23.2 Å². The van der Waals surface area contributed by atoms with Crippen molar-refractivity contribution in [2.75, 3.05) is 19.9 Å². The van der Waals surface area contributed by atoms with Gasteiger partial charge in [0.05, 0.1) is 15.6 Å². The predicted octanol–water partition coefficient (Wildman–Crippen LogP) is 3.75. The van der Waals surface area contributed by atoms with Crippen LogP contribution in [0.4, 0.5) is 0 Å². The zero-order valence-electron chi connectivity index (χ0n) is 14.7. The molecule has 0 fully saturated rings. The zero-order valence-corrected chi connectivity index (χ0v) is 16.2. The van der Waals surface area contributed by atoms with Crippen molar-refractivity contribution in [1.29, 1.82) is 0 Å². The molecule has 0 saturated heterocycles. The molecule has 0 aliphatic carbocycles. The first-order chi connectivity index (χ1) is 13.6. The molecule has 8 heteroatoms. The largest absolute Gasteiger partial charge is 0.454 e. The van der Waals surface area contributed by atoms with E-state index in [0.717, 1.165) is 33.3 Å². The third kappa shape index (κ3) is 2.64. The lowest BCUT2D eigenvalue weighted by molar-refractivity contribution is -0.135. The average molecular weight is 419 g/mol. The number of carbonyl (C=O) groups is 1. The number of hydrogen-bond donors (Lipinski definition) is 2. The van der Waals surface area contributed by atoms with Gasteiger partial charge in [0, 0.05) is 36.2 Å². The lowest BCUT2D eigenvalue weighted by Crippen LogP contribution is -2.37. The summed E-state index contributed by atoms with van der Waals surface area (Å²) in [5.74, 6) is 1.10. The van der Waals surface area contributed by atoms with Crippen molar-refractivity contribution in [1.82, 2.24) is 9.88 Å².